The summed E-state index contributed by atoms with van der Waals surface area (Å²) in [5.41, 5.74) is 1.94. The van der Waals surface area contributed by atoms with Crippen molar-refractivity contribution >= 4 is 29.3 Å². The number of fused-ring (bicyclic) bond motifs is 1. The van der Waals surface area contributed by atoms with Crippen molar-refractivity contribution in [3.8, 4) is 0 Å². The lowest BCUT2D eigenvalue weighted by Crippen LogP contribution is -2.41. The van der Waals surface area contributed by atoms with Gasteiger partial charge in [-0.25, -0.2) is 9.78 Å². The van der Waals surface area contributed by atoms with Crippen LogP contribution in [0.15, 0.2) is 78.1 Å². The Bertz CT molecular complexity index is 982. The van der Waals surface area contributed by atoms with Crippen LogP contribution in [0.25, 0.3) is 0 Å². The van der Waals surface area contributed by atoms with Crippen molar-refractivity contribution < 1.29 is 14.3 Å². The highest BCUT2D eigenvalue weighted by Gasteiger charge is 2.33. The molecule has 140 valence electrons. The molecule has 1 atom stereocenters. The second kappa shape index (κ2) is 8.22. The van der Waals surface area contributed by atoms with Gasteiger partial charge in [-0.3, -0.25) is 14.7 Å². The largest absolute Gasteiger partial charge is 0.451 e. The zero-order chi connectivity index (χ0) is 19.3. The number of hydrogen-bond donors (Lipinski definition) is 0. The van der Waals surface area contributed by atoms with E-state index in [9.17, 15) is 9.59 Å². The quantitative estimate of drug-likeness (QED) is 0.634. The number of aromatic nitrogens is 2. The maximum absolute atomic E-state index is 13.1. The van der Waals surface area contributed by atoms with Crippen LogP contribution in [0.1, 0.15) is 22.1 Å². The Morgan fingerprint density at radius 3 is 2.64 bits per heavy atom. The summed E-state index contributed by atoms with van der Waals surface area (Å²) in [5, 5.41) is 0. The van der Waals surface area contributed by atoms with Gasteiger partial charge in [0, 0.05) is 23.0 Å². The summed E-state index contributed by atoms with van der Waals surface area (Å²) in [6.07, 6.45) is 4.18. The van der Waals surface area contributed by atoms with E-state index < -0.39 is 5.97 Å². The topological polar surface area (TPSA) is 72.4 Å². The van der Waals surface area contributed by atoms with E-state index in [1.54, 1.807) is 16.7 Å². The minimum Gasteiger partial charge on any atom is -0.451 e. The average molecular weight is 391 g/mol. The summed E-state index contributed by atoms with van der Waals surface area (Å²) in [4.78, 5) is 35.7. The van der Waals surface area contributed by atoms with Crippen molar-refractivity contribution in [2.24, 2.45) is 0 Å². The molecule has 28 heavy (non-hydrogen) atoms. The van der Waals surface area contributed by atoms with Gasteiger partial charge in [0.25, 0.3) is 5.91 Å². The highest BCUT2D eigenvalue weighted by Crippen LogP contribution is 2.43. The minimum absolute atomic E-state index is 0.0736. The Kier molecular flexibility index (Phi) is 5.34. The summed E-state index contributed by atoms with van der Waals surface area (Å²) in [6.45, 7) is -0.363. The van der Waals surface area contributed by atoms with Crippen LogP contribution in [-0.2, 0) is 9.53 Å². The fourth-order valence-electron chi connectivity index (χ4n) is 3.09. The molecule has 0 N–H and O–H groups in total. The molecule has 6 nitrogen and oxygen atoms in total. The maximum Gasteiger partial charge on any atom is 0.359 e. The molecule has 0 fully saturated rings. The molecule has 7 heteroatoms. The van der Waals surface area contributed by atoms with Gasteiger partial charge in [0.15, 0.2) is 12.3 Å². The van der Waals surface area contributed by atoms with Crippen LogP contribution in [0.5, 0.6) is 0 Å². The van der Waals surface area contributed by atoms with Crippen molar-refractivity contribution in [3.63, 3.8) is 0 Å². The lowest BCUT2D eigenvalue weighted by atomic mass is 10.1. The Morgan fingerprint density at radius 1 is 1.07 bits per heavy atom. The average Bonchev–Trinajstić information content (AvgIpc) is 2.77. The van der Waals surface area contributed by atoms with Gasteiger partial charge in [-0.2, -0.15) is 0 Å². The fourth-order valence-corrected chi connectivity index (χ4v) is 4.26. The second-order valence-corrected chi connectivity index (χ2v) is 7.20. The molecule has 3 aromatic rings. The Hall–Kier alpha value is -3.19. The number of nitrogens with zero attached hydrogens (tertiary/aromatic N) is 3. The smallest absolute Gasteiger partial charge is 0.359 e. The molecule has 0 saturated heterocycles. The van der Waals surface area contributed by atoms with Crippen LogP contribution in [0.4, 0.5) is 5.69 Å². The number of esters is 1. The number of hydrogen-bond acceptors (Lipinski definition) is 6. The molecule has 0 saturated carbocycles. The Morgan fingerprint density at radius 2 is 1.86 bits per heavy atom. The van der Waals surface area contributed by atoms with Crippen LogP contribution in [-0.4, -0.2) is 34.2 Å². The summed E-state index contributed by atoms with van der Waals surface area (Å²) < 4.78 is 5.20. The summed E-state index contributed by atoms with van der Waals surface area (Å²) in [5.74, 6) is -0.221. The molecule has 1 aliphatic heterocycles. The Balaban J connectivity index is 1.58. The summed E-state index contributed by atoms with van der Waals surface area (Å²) >= 11 is 1.71. The van der Waals surface area contributed by atoms with Crippen LogP contribution >= 0.6 is 11.8 Å². The number of thioether (sulfide) groups is 1. The molecule has 0 unspecified atom stereocenters. The first-order valence-electron chi connectivity index (χ1n) is 8.76. The second-order valence-electron chi connectivity index (χ2n) is 6.14. The molecule has 1 aliphatic rings. The van der Waals surface area contributed by atoms with Gasteiger partial charge in [-0.15, -0.1) is 11.8 Å². The van der Waals surface area contributed by atoms with E-state index in [0.29, 0.717) is 0 Å². The fraction of sp³-hybridized carbons (Fsp3) is 0.143. The molecule has 1 aromatic heterocycles. The predicted octanol–water partition coefficient (Wildman–Crippen LogP) is 3.51. The van der Waals surface area contributed by atoms with Gasteiger partial charge < -0.3 is 4.74 Å². The third kappa shape index (κ3) is 3.75. The first kappa shape index (κ1) is 18.2. The van der Waals surface area contributed by atoms with Gasteiger partial charge in [0.1, 0.15) is 0 Å². The third-order valence-electron chi connectivity index (χ3n) is 4.39. The monoisotopic (exact) mass is 391 g/mol. The maximum atomic E-state index is 13.1. The number of benzene rings is 2. The van der Waals surface area contributed by atoms with Crippen LogP contribution in [0, 0.1) is 0 Å². The number of amides is 1. The van der Waals surface area contributed by atoms with Gasteiger partial charge in [0.05, 0.1) is 17.9 Å². The van der Waals surface area contributed by atoms with Gasteiger partial charge in [-0.1, -0.05) is 42.5 Å². The molecular formula is C21H17N3O3S. The first-order chi connectivity index (χ1) is 13.7. The van der Waals surface area contributed by atoms with Crippen molar-refractivity contribution in [3.05, 3.63) is 84.4 Å². The van der Waals surface area contributed by atoms with Crippen molar-refractivity contribution in [1.82, 2.24) is 9.97 Å². The third-order valence-corrected chi connectivity index (χ3v) is 5.52. The lowest BCUT2D eigenvalue weighted by Gasteiger charge is -2.37. The zero-order valence-electron chi connectivity index (χ0n) is 14.9. The van der Waals surface area contributed by atoms with Gasteiger partial charge >= 0.3 is 5.97 Å². The molecule has 0 bridgehead atoms. The van der Waals surface area contributed by atoms with Crippen LogP contribution in [0.3, 0.4) is 0 Å². The normalized spacial score (nSPS) is 15.6. The number of ether oxygens (including phenoxy) is 1. The van der Waals surface area contributed by atoms with Crippen molar-refractivity contribution in [2.75, 3.05) is 17.3 Å². The molecule has 1 amide bonds. The van der Waals surface area contributed by atoms with Crippen molar-refractivity contribution in [2.45, 2.75) is 10.9 Å². The van der Waals surface area contributed by atoms with E-state index in [-0.39, 0.29) is 24.2 Å². The van der Waals surface area contributed by atoms with E-state index in [1.165, 1.54) is 18.6 Å². The SMILES string of the molecule is O=C(OCC(=O)N1c2ccccc2SC[C@H]1c1ccccc1)c1cnccn1. The van der Waals surface area contributed by atoms with E-state index in [1.807, 2.05) is 54.6 Å². The van der Waals surface area contributed by atoms with Crippen LogP contribution in [0.2, 0.25) is 0 Å². The van der Waals surface area contributed by atoms with Gasteiger partial charge in [-0.05, 0) is 17.7 Å². The highest BCUT2D eigenvalue weighted by molar-refractivity contribution is 7.99. The molecule has 0 aliphatic carbocycles. The number of rotatable bonds is 4. The summed E-state index contributed by atoms with van der Waals surface area (Å²) in [7, 11) is 0. The van der Waals surface area contributed by atoms with Crippen molar-refractivity contribution in [1.29, 1.82) is 0 Å². The number of anilines is 1. The lowest BCUT2D eigenvalue weighted by molar-refractivity contribution is -0.122. The van der Waals surface area contributed by atoms with E-state index in [0.717, 1.165) is 21.9 Å². The molecular weight excluding hydrogens is 374 g/mol. The molecule has 2 aromatic carbocycles. The highest BCUT2D eigenvalue weighted by atomic mass is 32.2. The Labute approximate surface area is 166 Å². The zero-order valence-corrected chi connectivity index (χ0v) is 15.7. The molecule has 4 rings (SSSR count). The standard InChI is InChI=1S/C21H17N3O3S/c25-20(13-27-21(26)16-12-22-10-11-23-16)24-17-8-4-5-9-19(17)28-14-18(24)15-6-2-1-3-7-15/h1-12,18H,13-14H2/t18-/m0/s1. The predicted molar refractivity (Wildman–Crippen MR) is 106 cm³/mol. The number of carbonyl (C=O) groups is 2. The number of para-hydroxylation sites is 1. The first-order valence-corrected chi connectivity index (χ1v) is 9.74. The van der Waals surface area contributed by atoms with E-state index in [4.69, 9.17) is 4.74 Å². The molecule has 0 spiro atoms. The molecule has 2 heterocycles. The van der Waals surface area contributed by atoms with E-state index in [2.05, 4.69) is 9.97 Å². The van der Waals surface area contributed by atoms with Crippen LogP contribution < -0.4 is 4.90 Å². The van der Waals surface area contributed by atoms with Gasteiger partial charge in [0.2, 0.25) is 0 Å². The minimum atomic E-state index is -0.669. The number of carbonyl (C=O) groups excluding carboxylic acids is 2. The van der Waals surface area contributed by atoms with E-state index >= 15 is 0 Å². The molecule has 0 radical (unpaired) electrons. The summed E-state index contributed by atoms with van der Waals surface area (Å²) in [6, 6.07) is 17.5.